The normalized spacial score (nSPS) is 12.5. The van der Waals surface area contributed by atoms with Gasteiger partial charge in [-0.25, -0.2) is 0 Å². The third-order valence-corrected chi connectivity index (χ3v) is 6.50. The predicted molar refractivity (Wildman–Crippen MR) is 102 cm³/mol. The summed E-state index contributed by atoms with van der Waals surface area (Å²) in [6.45, 7) is 6.22. The van der Waals surface area contributed by atoms with E-state index < -0.39 is 10.0 Å². The van der Waals surface area contributed by atoms with Crippen molar-refractivity contribution in [3.8, 4) is 12.3 Å². The predicted octanol–water partition coefficient (Wildman–Crippen LogP) is 3.55. The molecule has 1 heterocycles. The molecule has 0 aliphatic heterocycles. The highest BCUT2D eigenvalue weighted by Gasteiger charge is 2.15. The summed E-state index contributed by atoms with van der Waals surface area (Å²) in [5.41, 5.74) is 4.18. The van der Waals surface area contributed by atoms with Gasteiger partial charge in [-0.2, -0.15) is 8.42 Å². The highest BCUT2D eigenvalue weighted by atomic mass is 32.2. The summed E-state index contributed by atoms with van der Waals surface area (Å²) >= 11 is 1.33. The number of aryl methyl sites for hydroxylation is 3. The van der Waals surface area contributed by atoms with Gasteiger partial charge in [0, 0.05) is 0 Å². The molecular formula is C19H18N2O2S2. The number of benzene rings is 2. The lowest BCUT2D eigenvalue weighted by molar-refractivity contribution is 0.596. The van der Waals surface area contributed by atoms with Crippen LogP contribution in [0.3, 0.4) is 0 Å². The van der Waals surface area contributed by atoms with E-state index in [-0.39, 0.29) is 11.4 Å². The third-order valence-electron chi connectivity index (χ3n) is 4.06. The first kappa shape index (κ1) is 17.5. The fourth-order valence-corrected chi connectivity index (χ4v) is 4.81. The van der Waals surface area contributed by atoms with Gasteiger partial charge in [0.05, 0.1) is 21.7 Å². The molecule has 0 spiro atoms. The molecule has 0 saturated heterocycles. The summed E-state index contributed by atoms with van der Waals surface area (Å²) in [5, 5.41) is 0. The maximum absolute atomic E-state index is 12.7. The standard InChI is InChI=1S/C19H18N2O2S2/c1-5-10-21-17-11-14(3)15(4)12-18(17)24-19(21)20-25(22,23)16-8-6-13(2)7-9-16/h1,6-9,11-12H,10H2,2-4H3. The lowest BCUT2D eigenvalue weighted by Crippen LogP contribution is -2.16. The van der Waals surface area contributed by atoms with Gasteiger partial charge in [-0.3, -0.25) is 0 Å². The second-order valence-corrected chi connectivity index (χ2v) is 8.57. The van der Waals surface area contributed by atoms with Crippen LogP contribution in [-0.2, 0) is 16.6 Å². The molecule has 4 nitrogen and oxygen atoms in total. The highest BCUT2D eigenvalue weighted by Crippen LogP contribution is 2.22. The molecule has 0 saturated carbocycles. The Morgan fingerprint density at radius 3 is 2.40 bits per heavy atom. The van der Waals surface area contributed by atoms with Crippen molar-refractivity contribution in [1.82, 2.24) is 4.57 Å². The molecule has 2 aromatic carbocycles. The number of hydrogen-bond donors (Lipinski definition) is 0. The minimum Gasteiger partial charge on any atom is -0.304 e. The van der Waals surface area contributed by atoms with Gasteiger partial charge in [-0.05, 0) is 56.2 Å². The van der Waals surface area contributed by atoms with Crippen LogP contribution in [-0.4, -0.2) is 13.0 Å². The largest absolute Gasteiger partial charge is 0.304 e. The first-order chi connectivity index (χ1) is 11.8. The summed E-state index contributed by atoms with van der Waals surface area (Å²) in [6, 6.07) is 10.7. The topological polar surface area (TPSA) is 51.4 Å². The van der Waals surface area contributed by atoms with Crippen LogP contribution >= 0.6 is 11.3 Å². The Labute approximate surface area is 151 Å². The summed E-state index contributed by atoms with van der Waals surface area (Å²) in [4.78, 5) is 0.564. The zero-order valence-electron chi connectivity index (χ0n) is 14.3. The minimum absolute atomic E-state index is 0.176. The molecule has 0 bridgehead atoms. The quantitative estimate of drug-likeness (QED) is 0.662. The van der Waals surface area contributed by atoms with Crippen LogP contribution in [0.15, 0.2) is 45.7 Å². The van der Waals surface area contributed by atoms with Gasteiger partial charge in [0.1, 0.15) is 0 Å². The number of nitrogens with zero attached hydrogens (tertiary/aromatic N) is 2. The minimum atomic E-state index is -3.79. The Kier molecular flexibility index (Phi) is 4.55. The second kappa shape index (κ2) is 6.51. The Morgan fingerprint density at radius 2 is 1.76 bits per heavy atom. The van der Waals surface area contributed by atoms with Gasteiger partial charge in [0.15, 0.2) is 0 Å². The molecule has 0 aliphatic carbocycles. The molecule has 0 amide bonds. The van der Waals surface area contributed by atoms with Crippen LogP contribution in [0, 0.1) is 33.1 Å². The number of terminal acetylenes is 1. The van der Waals surface area contributed by atoms with Gasteiger partial charge in [-0.15, -0.1) is 10.8 Å². The molecule has 0 radical (unpaired) electrons. The lowest BCUT2D eigenvalue weighted by atomic mass is 10.1. The van der Waals surface area contributed by atoms with E-state index in [1.54, 1.807) is 28.8 Å². The first-order valence-corrected chi connectivity index (χ1v) is 9.99. The zero-order chi connectivity index (χ0) is 18.2. The van der Waals surface area contributed by atoms with Crippen molar-refractivity contribution < 1.29 is 8.42 Å². The zero-order valence-corrected chi connectivity index (χ0v) is 15.9. The SMILES string of the molecule is C#CCn1c(=NS(=O)(=O)c2ccc(C)cc2)sc2cc(C)c(C)cc21. The van der Waals surface area contributed by atoms with Crippen LogP contribution in [0.25, 0.3) is 10.2 Å². The van der Waals surface area contributed by atoms with Crippen molar-refractivity contribution in [1.29, 1.82) is 0 Å². The van der Waals surface area contributed by atoms with Crippen molar-refractivity contribution >= 4 is 31.6 Å². The molecule has 0 aliphatic rings. The molecule has 1 aromatic heterocycles. The molecule has 6 heteroatoms. The molecule has 0 N–H and O–H groups in total. The van der Waals surface area contributed by atoms with E-state index in [9.17, 15) is 8.42 Å². The van der Waals surface area contributed by atoms with Crippen LogP contribution in [0.1, 0.15) is 16.7 Å². The van der Waals surface area contributed by atoms with Crippen LogP contribution in [0.2, 0.25) is 0 Å². The van der Waals surface area contributed by atoms with Gasteiger partial charge in [0.2, 0.25) is 4.80 Å². The molecule has 0 unspecified atom stereocenters. The number of hydrogen-bond acceptors (Lipinski definition) is 3. The number of aromatic nitrogens is 1. The Hall–Kier alpha value is -2.36. The molecule has 3 aromatic rings. The molecule has 3 rings (SSSR count). The van der Waals surface area contributed by atoms with E-state index >= 15 is 0 Å². The molecule has 25 heavy (non-hydrogen) atoms. The summed E-state index contributed by atoms with van der Waals surface area (Å²) in [6.07, 6.45) is 5.48. The first-order valence-electron chi connectivity index (χ1n) is 7.73. The second-order valence-electron chi connectivity index (χ2n) is 5.96. The van der Waals surface area contributed by atoms with Gasteiger partial charge in [0.25, 0.3) is 10.0 Å². The monoisotopic (exact) mass is 370 g/mol. The molecule has 0 atom stereocenters. The van der Waals surface area contributed by atoms with E-state index in [1.165, 1.54) is 11.3 Å². The summed E-state index contributed by atoms with van der Waals surface area (Å²) in [7, 11) is -3.79. The van der Waals surface area contributed by atoms with Gasteiger partial charge < -0.3 is 4.57 Å². The van der Waals surface area contributed by atoms with Crippen molar-refractivity contribution in [2.45, 2.75) is 32.2 Å². The molecule has 0 fully saturated rings. The Balaban J connectivity index is 2.27. The van der Waals surface area contributed by atoms with Crippen molar-refractivity contribution in [3.05, 3.63) is 57.9 Å². The van der Waals surface area contributed by atoms with Gasteiger partial charge in [-0.1, -0.05) is 35.0 Å². The maximum Gasteiger partial charge on any atom is 0.285 e. The summed E-state index contributed by atoms with van der Waals surface area (Å²) < 4.78 is 32.1. The maximum atomic E-state index is 12.7. The van der Waals surface area contributed by atoms with Crippen molar-refractivity contribution in [3.63, 3.8) is 0 Å². The van der Waals surface area contributed by atoms with E-state index in [2.05, 4.69) is 10.3 Å². The van der Waals surface area contributed by atoms with E-state index in [0.29, 0.717) is 4.80 Å². The van der Waals surface area contributed by atoms with Crippen LogP contribution in [0.4, 0.5) is 0 Å². The Bertz CT molecular complexity index is 1160. The van der Waals surface area contributed by atoms with E-state index in [0.717, 1.165) is 26.9 Å². The van der Waals surface area contributed by atoms with Crippen molar-refractivity contribution in [2.24, 2.45) is 4.40 Å². The van der Waals surface area contributed by atoms with E-state index in [4.69, 9.17) is 6.42 Å². The number of thiazole rings is 1. The number of sulfonamides is 1. The Morgan fingerprint density at radius 1 is 1.12 bits per heavy atom. The average molecular weight is 370 g/mol. The lowest BCUT2D eigenvalue weighted by Gasteiger charge is -2.03. The van der Waals surface area contributed by atoms with E-state index in [1.807, 2.05) is 32.9 Å². The van der Waals surface area contributed by atoms with Crippen molar-refractivity contribution in [2.75, 3.05) is 0 Å². The third kappa shape index (κ3) is 3.39. The molecule has 128 valence electrons. The summed E-state index contributed by atoms with van der Waals surface area (Å²) in [5.74, 6) is 2.58. The fourth-order valence-electron chi connectivity index (χ4n) is 2.50. The average Bonchev–Trinajstić information content (AvgIpc) is 2.85. The highest BCUT2D eigenvalue weighted by molar-refractivity contribution is 7.90. The number of rotatable bonds is 3. The van der Waals surface area contributed by atoms with Crippen LogP contribution < -0.4 is 4.80 Å². The fraction of sp³-hybridized carbons (Fsp3) is 0.211. The number of fused-ring (bicyclic) bond motifs is 1. The van der Waals surface area contributed by atoms with Gasteiger partial charge >= 0.3 is 0 Å². The molecular weight excluding hydrogens is 352 g/mol. The smallest absolute Gasteiger partial charge is 0.285 e. The van der Waals surface area contributed by atoms with Crippen LogP contribution in [0.5, 0.6) is 0 Å².